The van der Waals surface area contributed by atoms with Crippen LogP contribution in [0.15, 0.2) is 66.1 Å². The van der Waals surface area contributed by atoms with Gasteiger partial charge < -0.3 is 10.1 Å². The Labute approximate surface area is 143 Å². The first-order valence-corrected chi connectivity index (χ1v) is 7.85. The molecule has 0 aliphatic carbocycles. The fourth-order valence-electron chi connectivity index (χ4n) is 2.96. The van der Waals surface area contributed by atoms with E-state index in [0.717, 1.165) is 5.69 Å². The Morgan fingerprint density at radius 2 is 1.75 bits per heavy atom. The first kappa shape index (κ1) is 14.8. The van der Waals surface area contributed by atoms with Crippen molar-refractivity contribution in [1.29, 1.82) is 0 Å². The zero-order chi connectivity index (χ0) is 16.7. The largest absolute Gasteiger partial charge is 0.409 e. The molecule has 2 aliphatic rings. The second kappa shape index (κ2) is 5.69. The summed E-state index contributed by atoms with van der Waals surface area (Å²) < 4.78 is 5.27. The van der Waals surface area contributed by atoms with E-state index < -0.39 is 11.9 Å². The van der Waals surface area contributed by atoms with E-state index in [1.54, 1.807) is 29.2 Å². The maximum atomic E-state index is 13.0. The van der Waals surface area contributed by atoms with E-state index in [2.05, 4.69) is 5.32 Å². The number of rotatable bonds is 2. The van der Waals surface area contributed by atoms with Gasteiger partial charge in [-0.05, 0) is 29.8 Å². The van der Waals surface area contributed by atoms with Crippen molar-refractivity contribution in [2.75, 3.05) is 11.6 Å². The smallest absolute Gasteiger partial charge is 0.325 e. The van der Waals surface area contributed by atoms with Crippen LogP contribution in [0, 0.1) is 0 Å². The van der Waals surface area contributed by atoms with Crippen LogP contribution in [0.5, 0.6) is 0 Å². The standard InChI is InChI=1S/C18H13ClN2O3/c19-12-8-6-11(7-9-12)14-15-16(24-18(14)23)20-10-21(17(15)22)13-4-2-1-3-5-13/h1-9,14,20H,10H2. The molecule has 2 heterocycles. The molecular formula is C18H13ClN2O3. The Morgan fingerprint density at radius 1 is 1.04 bits per heavy atom. The van der Waals surface area contributed by atoms with Gasteiger partial charge in [0.25, 0.3) is 5.91 Å². The number of carbonyl (C=O) groups excluding carboxylic acids is 2. The number of nitrogens with zero attached hydrogens (tertiary/aromatic N) is 1. The van der Waals surface area contributed by atoms with Crippen LogP contribution >= 0.6 is 11.6 Å². The lowest BCUT2D eigenvalue weighted by Gasteiger charge is -2.28. The molecule has 1 amide bonds. The lowest BCUT2D eigenvalue weighted by molar-refractivity contribution is -0.138. The van der Waals surface area contributed by atoms with Gasteiger partial charge in [-0.1, -0.05) is 41.9 Å². The van der Waals surface area contributed by atoms with E-state index in [4.69, 9.17) is 16.3 Å². The number of carbonyl (C=O) groups is 2. The molecule has 0 aromatic heterocycles. The lowest BCUT2D eigenvalue weighted by Crippen LogP contribution is -2.45. The number of ether oxygens (including phenoxy) is 1. The van der Waals surface area contributed by atoms with Crippen LogP contribution in [-0.4, -0.2) is 18.5 Å². The van der Waals surface area contributed by atoms with E-state index in [0.29, 0.717) is 16.2 Å². The normalized spacial score (nSPS) is 19.9. The number of hydrogen-bond donors (Lipinski definition) is 1. The Bertz CT molecular complexity index is 846. The molecule has 0 bridgehead atoms. The van der Waals surface area contributed by atoms with Crippen molar-refractivity contribution >= 4 is 29.2 Å². The highest BCUT2D eigenvalue weighted by molar-refractivity contribution is 6.30. The molecule has 0 spiro atoms. The molecule has 2 aromatic rings. The van der Waals surface area contributed by atoms with Crippen LogP contribution in [0.4, 0.5) is 5.69 Å². The van der Waals surface area contributed by atoms with Gasteiger partial charge in [0.2, 0.25) is 5.88 Å². The number of anilines is 1. The summed E-state index contributed by atoms with van der Waals surface area (Å²) in [4.78, 5) is 26.9. The van der Waals surface area contributed by atoms with Gasteiger partial charge in [-0.2, -0.15) is 0 Å². The van der Waals surface area contributed by atoms with Crippen molar-refractivity contribution in [2.24, 2.45) is 0 Å². The number of hydrogen-bond acceptors (Lipinski definition) is 4. The fraction of sp³-hybridized carbons (Fsp3) is 0.111. The zero-order valence-electron chi connectivity index (χ0n) is 12.5. The topological polar surface area (TPSA) is 58.6 Å². The van der Waals surface area contributed by atoms with Crippen molar-refractivity contribution < 1.29 is 14.3 Å². The van der Waals surface area contributed by atoms with Crippen LogP contribution in [0.25, 0.3) is 0 Å². The van der Waals surface area contributed by atoms with Gasteiger partial charge in [-0.25, -0.2) is 0 Å². The van der Waals surface area contributed by atoms with Crippen molar-refractivity contribution in [3.8, 4) is 0 Å². The Morgan fingerprint density at radius 3 is 2.46 bits per heavy atom. The van der Waals surface area contributed by atoms with Crippen LogP contribution in [0.2, 0.25) is 5.02 Å². The van der Waals surface area contributed by atoms with E-state index in [-0.39, 0.29) is 18.5 Å². The number of benzene rings is 2. The third kappa shape index (κ3) is 2.34. The van der Waals surface area contributed by atoms with E-state index in [1.807, 2.05) is 30.3 Å². The minimum absolute atomic E-state index is 0.235. The van der Waals surface area contributed by atoms with E-state index in [1.165, 1.54) is 0 Å². The molecule has 0 saturated carbocycles. The molecule has 5 nitrogen and oxygen atoms in total. The third-order valence-corrected chi connectivity index (χ3v) is 4.37. The Kier molecular flexibility index (Phi) is 3.50. The summed E-state index contributed by atoms with van der Waals surface area (Å²) in [5.74, 6) is -1.19. The minimum atomic E-state index is -0.747. The van der Waals surface area contributed by atoms with Gasteiger partial charge in [-0.3, -0.25) is 14.5 Å². The molecule has 0 fully saturated rings. The number of nitrogens with one attached hydrogen (secondary N) is 1. The summed E-state index contributed by atoms with van der Waals surface area (Å²) in [7, 11) is 0. The van der Waals surface area contributed by atoms with Crippen LogP contribution < -0.4 is 10.2 Å². The summed E-state index contributed by atoms with van der Waals surface area (Å²) in [6.07, 6.45) is 0. The number of esters is 1. The molecule has 2 aromatic carbocycles. The van der Waals surface area contributed by atoms with Crippen LogP contribution in [0.3, 0.4) is 0 Å². The molecule has 0 radical (unpaired) electrons. The number of halogens is 1. The average molecular weight is 341 g/mol. The summed E-state index contributed by atoms with van der Waals surface area (Å²) >= 11 is 5.91. The number of amides is 1. The second-order valence-corrected chi connectivity index (χ2v) is 5.99. The summed E-state index contributed by atoms with van der Waals surface area (Å²) in [5.41, 5.74) is 1.77. The molecule has 4 rings (SSSR count). The summed E-state index contributed by atoms with van der Waals surface area (Å²) in [5, 5.41) is 3.59. The molecule has 1 N–H and O–H groups in total. The van der Waals surface area contributed by atoms with Gasteiger partial charge in [0.15, 0.2) is 0 Å². The summed E-state index contributed by atoms with van der Waals surface area (Å²) in [6.45, 7) is 0.252. The van der Waals surface area contributed by atoms with Gasteiger partial charge in [-0.15, -0.1) is 0 Å². The average Bonchev–Trinajstić information content (AvgIpc) is 2.94. The monoisotopic (exact) mass is 340 g/mol. The van der Waals surface area contributed by atoms with Gasteiger partial charge in [0, 0.05) is 10.7 Å². The molecule has 1 atom stereocenters. The van der Waals surface area contributed by atoms with Crippen molar-refractivity contribution in [2.45, 2.75) is 5.92 Å². The fourth-order valence-corrected chi connectivity index (χ4v) is 3.08. The van der Waals surface area contributed by atoms with Gasteiger partial charge >= 0.3 is 5.97 Å². The highest BCUT2D eigenvalue weighted by Crippen LogP contribution is 2.38. The van der Waals surface area contributed by atoms with Gasteiger partial charge in [0.05, 0.1) is 12.2 Å². The Hall–Kier alpha value is -2.79. The van der Waals surface area contributed by atoms with Crippen LogP contribution in [0.1, 0.15) is 11.5 Å². The van der Waals surface area contributed by atoms with Gasteiger partial charge in [0.1, 0.15) is 5.92 Å². The molecule has 120 valence electrons. The zero-order valence-corrected chi connectivity index (χ0v) is 13.3. The third-order valence-electron chi connectivity index (χ3n) is 4.12. The molecule has 24 heavy (non-hydrogen) atoms. The highest BCUT2D eigenvalue weighted by Gasteiger charge is 2.45. The van der Waals surface area contributed by atoms with E-state index >= 15 is 0 Å². The van der Waals surface area contributed by atoms with Crippen LogP contribution in [-0.2, 0) is 14.3 Å². The molecule has 2 aliphatic heterocycles. The maximum absolute atomic E-state index is 13.0. The molecular weight excluding hydrogens is 328 g/mol. The molecule has 6 heteroatoms. The number of para-hydroxylation sites is 1. The predicted octanol–water partition coefficient (Wildman–Crippen LogP) is 2.79. The molecule has 0 saturated heterocycles. The first-order valence-electron chi connectivity index (χ1n) is 7.47. The lowest BCUT2D eigenvalue weighted by atomic mass is 9.91. The maximum Gasteiger partial charge on any atom is 0.325 e. The van der Waals surface area contributed by atoms with Crippen molar-refractivity contribution in [3.05, 3.63) is 76.6 Å². The first-order chi connectivity index (χ1) is 11.6. The minimum Gasteiger partial charge on any atom is -0.409 e. The van der Waals surface area contributed by atoms with Crippen molar-refractivity contribution in [3.63, 3.8) is 0 Å². The quantitative estimate of drug-likeness (QED) is 0.854. The Balaban J connectivity index is 1.73. The SMILES string of the molecule is O=C1OC2=C(C(=O)N(c3ccccc3)CN2)C1c1ccc(Cl)cc1. The predicted molar refractivity (Wildman–Crippen MR) is 89.2 cm³/mol. The molecule has 1 unspecified atom stereocenters. The van der Waals surface area contributed by atoms with E-state index in [9.17, 15) is 9.59 Å². The van der Waals surface area contributed by atoms with Crippen molar-refractivity contribution in [1.82, 2.24) is 5.32 Å². The second-order valence-electron chi connectivity index (χ2n) is 5.55. The highest BCUT2D eigenvalue weighted by atomic mass is 35.5. The summed E-state index contributed by atoms with van der Waals surface area (Å²) in [6, 6.07) is 16.2.